The Bertz CT molecular complexity index is 1870. The van der Waals surface area contributed by atoms with Crippen LogP contribution in [0.5, 0.6) is 5.88 Å². The van der Waals surface area contributed by atoms with Crippen molar-refractivity contribution in [1.29, 1.82) is 0 Å². The molecule has 0 bridgehead atoms. The molecule has 1 amide bonds. The maximum absolute atomic E-state index is 13.6. The largest absolute Gasteiger partial charge is 0.480 e. The molecular weight excluding hydrogens is 647 g/mol. The van der Waals surface area contributed by atoms with E-state index < -0.39 is 0 Å². The first-order valence-corrected chi connectivity index (χ1v) is 17.3. The molecule has 250 valence electrons. The fraction of sp³-hybridized carbons (Fsp3) is 0.405. The van der Waals surface area contributed by atoms with Crippen molar-refractivity contribution < 1.29 is 14.6 Å². The summed E-state index contributed by atoms with van der Waals surface area (Å²) in [5, 5.41) is 13.6. The van der Waals surface area contributed by atoms with Crippen LogP contribution < -0.4 is 10.1 Å². The van der Waals surface area contributed by atoms with Crippen LogP contribution in [0.1, 0.15) is 52.8 Å². The van der Waals surface area contributed by atoms with Gasteiger partial charge in [-0.05, 0) is 55.4 Å². The quantitative estimate of drug-likeness (QED) is 0.191. The van der Waals surface area contributed by atoms with E-state index in [4.69, 9.17) is 37.9 Å². The highest BCUT2D eigenvalue weighted by molar-refractivity contribution is 6.39. The molecule has 4 heterocycles. The van der Waals surface area contributed by atoms with Gasteiger partial charge in [0.1, 0.15) is 11.4 Å². The monoisotopic (exact) mass is 686 g/mol. The summed E-state index contributed by atoms with van der Waals surface area (Å²) >= 11 is 14.0. The van der Waals surface area contributed by atoms with Gasteiger partial charge in [-0.15, -0.1) is 0 Å². The van der Waals surface area contributed by atoms with Gasteiger partial charge >= 0.3 is 0 Å². The highest BCUT2D eigenvalue weighted by Crippen LogP contribution is 2.46. The number of nitrogens with one attached hydrogen (secondary N) is 1. The smallest absolute Gasteiger partial charge is 0.274 e. The minimum Gasteiger partial charge on any atom is -0.480 e. The van der Waals surface area contributed by atoms with Crippen molar-refractivity contribution in [3.63, 3.8) is 0 Å². The number of carbonyl (C=O) groups is 1. The molecule has 1 aliphatic carbocycles. The van der Waals surface area contributed by atoms with E-state index in [0.717, 1.165) is 62.4 Å². The van der Waals surface area contributed by atoms with Crippen LogP contribution in [0.2, 0.25) is 10.0 Å². The molecule has 9 nitrogen and oxygen atoms in total. The molecule has 2 aliphatic heterocycles. The number of aliphatic hydroxyl groups excluding tert-OH is 1. The topological polar surface area (TPSA) is 104 Å². The molecule has 1 saturated heterocycles. The third kappa shape index (κ3) is 6.54. The number of methoxy groups -OCH3 is 1. The summed E-state index contributed by atoms with van der Waals surface area (Å²) in [6, 6.07) is 13.0. The van der Waals surface area contributed by atoms with Crippen molar-refractivity contribution in [1.82, 2.24) is 24.8 Å². The van der Waals surface area contributed by atoms with Crippen LogP contribution in [-0.2, 0) is 19.5 Å². The Kier molecular flexibility index (Phi) is 9.17. The van der Waals surface area contributed by atoms with Gasteiger partial charge < -0.3 is 15.2 Å². The van der Waals surface area contributed by atoms with Gasteiger partial charge in [-0.25, -0.2) is 9.97 Å². The van der Waals surface area contributed by atoms with Crippen LogP contribution in [0.25, 0.3) is 22.4 Å². The van der Waals surface area contributed by atoms with E-state index in [9.17, 15) is 9.90 Å². The van der Waals surface area contributed by atoms with E-state index in [1.165, 1.54) is 5.56 Å². The van der Waals surface area contributed by atoms with Gasteiger partial charge in [0.2, 0.25) is 5.88 Å². The summed E-state index contributed by atoms with van der Waals surface area (Å²) in [5.74, 6) is 0.838. The lowest BCUT2D eigenvalue weighted by Gasteiger charge is -2.36. The second kappa shape index (κ2) is 13.4. The molecule has 0 spiro atoms. The van der Waals surface area contributed by atoms with Gasteiger partial charge in [0.15, 0.2) is 0 Å². The number of halogens is 2. The predicted octanol–water partition coefficient (Wildman–Crippen LogP) is 6.66. The highest BCUT2D eigenvalue weighted by Gasteiger charge is 2.43. The molecule has 11 heteroatoms. The number of carbonyl (C=O) groups excluding carboxylic acids is 1. The summed E-state index contributed by atoms with van der Waals surface area (Å²) in [5.41, 5.74) is 7.48. The minimum absolute atomic E-state index is 0.0309. The normalized spacial score (nSPS) is 17.5. The number of pyridine rings is 1. The lowest BCUT2D eigenvalue weighted by atomic mass is 9.97. The number of likely N-dealkylation sites (tertiary alicyclic amines) is 1. The third-order valence-electron chi connectivity index (χ3n) is 9.90. The summed E-state index contributed by atoms with van der Waals surface area (Å²) in [6.07, 6.45) is 4.73. The average molecular weight is 688 g/mol. The molecule has 0 radical (unpaired) electrons. The van der Waals surface area contributed by atoms with Crippen molar-refractivity contribution in [2.24, 2.45) is 11.3 Å². The standard InChI is InChI=1S/C37H40Cl2N6O3/c1-22-16-45(17-22)19-32-36(48-3)43-30(15-40-32)27-8-4-6-25(33(27)38)26-7-5-9-28(34(26)39)42-35(47)29-14-23(2)24-10-13-44(18-31(24)41-29)20-37(21-46)11-12-37/h4-9,14-15,22,46H,10-13,16-21H2,1-3H3,(H,42,47). The number of nitrogens with zero attached hydrogens (tertiary/aromatic N) is 5. The maximum atomic E-state index is 13.6. The first-order chi connectivity index (χ1) is 23.2. The Labute approximate surface area is 291 Å². The minimum atomic E-state index is -0.332. The number of ether oxygens (including phenoxy) is 1. The molecule has 2 N–H and O–H groups in total. The van der Waals surface area contributed by atoms with Crippen molar-refractivity contribution in [3.8, 4) is 28.3 Å². The van der Waals surface area contributed by atoms with E-state index in [0.29, 0.717) is 68.7 Å². The summed E-state index contributed by atoms with van der Waals surface area (Å²) < 4.78 is 5.62. The number of aryl methyl sites for hydroxylation is 1. The molecule has 2 aromatic carbocycles. The molecular formula is C37H40Cl2N6O3. The Morgan fingerprint density at radius 1 is 1.06 bits per heavy atom. The average Bonchev–Trinajstić information content (AvgIpc) is 3.85. The molecule has 2 fully saturated rings. The van der Waals surface area contributed by atoms with Crippen molar-refractivity contribution >= 4 is 34.8 Å². The molecule has 0 unspecified atom stereocenters. The molecule has 3 aliphatic rings. The maximum Gasteiger partial charge on any atom is 0.274 e. The van der Waals surface area contributed by atoms with Gasteiger partial charge in [0.05, 0.1) is 40.4 Å². The van der Waals surface area contributed by atoms with Gasteiger partial charge in [-0.3, -0.25) is 19.6 Å². The Balaban J connectivity index is 1.11. The summed E-state index contributed by atoms with van der Waals surface area (Å²) in [7, 11) is 1.60. The molecule has 4 aromatic rings. The Hall–Kier alpha value is -3.60. The second-order valence-corrected chi connectivity index (χ2v) is 14.4. The molecule has 48 heavy (non-hydrogen) atoms. The number of amides is 1. The predicted molar refractivity (Wildman–Crippen MR) is 189 cm³/mol. The first-order valence-electron chi connectivity index (χ1n) is 16.5. The Morgan fingerprint density at radius 2 is 1.79 bits per heavy atom. The van der Waals surface area contributed by atoms with Gasteiger partial charge in [-0.2, -0.15) is 0 Å². The lowest BCUT2D eigenvalue weighted by Crippen LogP contribution is -2.44. The van der Waals surface area contributed by atoms with Crippen LogP contribution in [-0.4, -0.2) is 75.7 Å². The van der Waals surface area contributed by atoms with E-state index in [-0.39, 0.29) is 17.9 Å². The third-order valence-corrected chi connectivity index (χ3v) is 10.7. The fourth-order valence-electron chi connectivity index (χ4n) is 7.00. The number of aliphatic hydroxyl groups is 1. The van der Waals surface area contributed by atoms with Crippen LogP contribution in [0.3, 0.4) is 0 Å². The summed E-state index contributed by atoms with van der Waals surface area (Å²) in [4.78, 5) is 32.5. The molecule has 1 saturated carbocycles. The SMILES string of the molecule is COc1nc(-c2cccc(-c3cccc(NC(=O)c4cc(C)c5c(n4)CN(CC4(CO)CC4)CC5)c3Cl)c2Cl)cnc1CN1CC(C)C1. The van der Waals surface area contributed by atoms with Crippen molar-refractivity contribution in [2.75, 3.05) is 45.2 Å². The number of rotatable bonds is 10. The van der Waals surface area contributed by atoms with Crippen LogP contribution >= 0.6 is 23.2 Å². The van der Waals surface area contributed by atoms with Crippen LogP contribution in [0.4, 0.5) is 5.69 Å². The number of anilines is 1. The lowest BCUT2D eigenvalue weighted by molar-refractivity contribution is 0.102. The zero-order valence-electron chi connectivity index (χ0n) is 27.5. The zero-order chi connectivity index (χ0) is 33.6. The second-order valence-electron chi connectivity index (χ2n) is 13.7. The van der Waals surface area contributed by atoms with Gasteiger partial charge in [0, 0.05) is 68.0 Å². The van der Waals surface area contributed by atoms with Crippen molar-refractivity contribution in [3.05, 3.63) is 86.9 Å². The zero-order valence-corrected chi connectivity index (χ0v) is 29.0. The molecule has 7 rings (SSSR count). The summed E-state index contributed by atoms with van der Waals surface area (Å²) in [6.45, 7) is 9.70. The number of hydrogen-bond donors (Lipinski definition) is 2. The number of hydrogen-bond acceptors (Lipinski definition) is 8. The van der Waals surface area contributed by atoms with Gasteiger partial charge in [0.25, 0.3) is 5.91 Å². The van der Waals surface area contributed by atoms with E-state index in [1.807, 2.05) is 43.3 Å². The fourth-order valence-corrected chi connectivity index (χ4v) is 7.59. The molecule has 2 aromatic heterocycles. The number of aromatic nitrogens is 3. The van der Waals surface area contributed by atoms with Gasteiger partial charge in [-0.1, -0.05) is 60.5 Å². The molecule has 0 atom stereocenters. The number of benzene rings is 2. The Morgan fingerprint density at radius 3 is 2.50 bits per heavy atom. The number of fused-ring (bicyclic) bond motifs is 1. The van der Waals surface area contributed by atoms with E-state index in [1.54, 1.807) is 19.4 Å². The van der Waals surface area contributed by atoms with Crippen LogP contribution in [0, 0.1) is 18.3 Å². The highest BCUT2D eigenvalue weighted by atomic mass is 35.5. The van der Waals surface area contributed by atoms with E-state index in [2.05, 4.69) is 27.0 Å². The van der Waals surface area contributed by atoms with Crippen LogP contribution in [0.15, 0.2) is 48.7 Å². The first kappa shape index (κ1) is 32.9. The van der Waals surface area contributed by atoms with E-state index >= 15 is 0 Å². The van der Waals surface area contributed by atoms with Crippen molar-refractivity contribution in [2.45, 2.75) is 46.2 Å².